The standard InChI is InChI=1S/C10H16N2S2/c11-5-1-3-8-7-14-10(12-8)9-4-2-6-13-9/h7,9H,1-6,11H2. The molecule has 1 atom stereocenters. The summed E-state index contributed by atoms with van der Waals surface area (Å²) in [6.07, 6.45) is 4.77. The molecule has 2 nitrogen and oxygen atoms in total. The van der Waals surface area contributed by atoms with Crippen molar-refractivity contribution in [2.75, 3.05) is 12.3 Å². The Bertz CT molecular complexity index is 279. The lowest BCUT2D eigenvalue weighted by Gasteiger charge is -2.02. The molecule has 0 radical (unpaired) electrons. The zero-order valence-electron chi connectivity index (χ0n) is 8.24. The number of rotatable bonds is 4. The highest BCUT2D eigenvalue weighted by Gasteiger charge is 2.20. The van der Waals surface area contributed by atoms with Gasteiger partial charge in [0, 0.05) is 5.38 Å². The van der Waals surface area contributed by atoms with Crippen molar-refractivity contribution in [2.24, 2.45) is 5.73 Å². The van der Waals surface area contributed by atoms with E-state index in [0.29, 0.717) is 5.25 Å². The fourth-order valence-corrected chi connectivity index (χ4v) is 4.03. The number of thioether (sulfide) groups is 1. The Labute approximate surface area is 93.3 Å². The van der Waals surface area contributed by atoms with E-state index in [2.05, 4.69) is 22.1 Å². The van der Waals surface area contributed by atoms with Crippen molar-refractivity contribution in [3.05, 3.63) is 16.1 Å². The summed E-state index contributed by atoms with van der Waals surface area (Å²) in [7, 11) is 0. The van der Waals surface area contributed by atoms with Crippen LogP contribution in [0.1, 0.15) is 35.2 Å². The van der Waals surface area contributed by atoms with Crippen molar-refractivity contribution in [3.63, 3.8) is 0 Å². The van der Waals surface area contributed by atoms with E-state index in [1.165, 1.54) is 29.3 Å². The van der Waals surface area contributed by atoms with Crippen LogP contribution >= 0.6 is 23.1 Å². The van der Waals surface area contributed by atoms with Crippen molar-refractivity contribution in [3.8, 4) is 0 Å². The van der Waals surface area contributed by atoms with Crippen LogP contribution in [0.15, 0.2) is 5.38 Å². The average molecular weight is 228 g/mol. The van der Waals surface area contributed by atoms with Gasteiger partial charge in [-0.2, -0.15) is 11.8 Å². The molecule has 1 saturated heterocycles. The fourth-order valence-electron chi connectivity index (χ4n) is 1.64. The summed E-state index contributed by atoms with van der Waals surface area (Å²) in [6, 6.07) is 0. The lowest BCUT2D eigenvalue weighted by Crippen LogP contribution is -2.00. The van der Waals surface area contributed by atoms with Crippen LogP contribution in [0.5, 0.6) is 0 Å². The lowest BCUT2D eigenvalue weighted by molar-refractivity contribution is 0.791. The van der Waals surface area contributed by atoms with E-state index in [4.69, 9.17) is 5.73 Å². The van der Waals surface area contributed by atoms with E-state index in [0.717, 1.165) is 19.4 Å². The summed E-state index contributed by atoms with van der Waals surface area (Å²) in [5, 5.41) is 4.22. The molecule has 4 heteroatoms. The molecule has 2 N–H and O–H groups in total. The molecule has 0 saturated carbocycles. The topological polar surface area (TPSA) is 38.9 Å². The third-order valence-electron chi connectivity index (χ3n) is 2.41. The highest BCUT2D eigenvalue weighted by Crippen LogP contribution is 2.40. The SMILES string of the molecule is NCCCc1csc(C2CCCS2)n1. The van der Waals surface area contributed by atoms with Crippen molar-refractivity contribution >= 4 is 23.1 Å². The second-order valence-electron chi connectivity index (χ2n) is 3.57. The van der Waals surface area contributed by atoms with E-state index in [1.54, 1.807) is 0 Å². The van der Waals surface area contributed by atoms with Gasteiger partial charge in [0.25, 0.3) is 0 Å². The van der Waals surface area contributed by atoms with Gasteiger partial charge in [-0.25, -0.2) is 4.98 Å². The molecule has 2 heterocycles. The Morgan fingerprint density at radius 2 is 2.50 bits per heavy atom. The van der Waals surface area contributed by atoms with Crippen molar-refractivity contribution < 1.29 is 0 Å². The molecule has 1 aromatic heterocycles. The van der Waals surface area contributed by atoms with Crippen molar-refractivity contribution in [1.82, 2.24) is 4.98 Å². The first-order valence-electron chi connectivity index (χ1n) is 5.16. The summed E-state index contributed by atoms with van der Waals surface area (Å²) in [5.41, 5.74) is 6.72. The monoisotopic (exact) mass is 228 g/mol. The number of aryl methyl sites for hydroxylation is 1. The maximum atomic E-state index is 5.48. The third-order valence-corrected chi connectivity index (χ3v) is 4.95. The van der Waals surface area contributed by atoms with Crippen LogP contribution in [-0.4, -0.2) is 17.3 Å². The van der Waals surface area contributed by atoms with Gasteiger partial charge in [-0.05, 0) is 38.0 Å². The first-order valence-corrected chi connectivity index (χ1v) is 7.09. The van der Waals surface area contributed by atoms with Gasteiger partial charge in [0.2, 0.25) is 0 Å². The van der Waals surface area contributed by atoms with E-state index in [1.807, 2.05) is 11.3 Å². The largest absolute Gasteiger partial charge is 0.330 e. The smallest absolute Gasteiger partial charge is 0.106 e. The maximum Gasteiger partial charge on any atom is 0.106 e. The van der Waals surface area contributed by atoms with Crippen LogP contribution < -0.4 is 5.73 Å². The lowest BCUT2D eigenvalue weighted by atomic mass is 10.2. The van der Waals surface area contributed by atoms with E-state index < -0.39 is 0 Å². The third kappa shape index (κ3) is 2.49. The molecule has 1 aliphatic rings. The Hall–Kier alpha value is -0.0600. The highest BCUT2D eigenvalue weighted by molar-refractivity contribution is 7.99. The second-order valence-corrected chi connectivity index (χ2v) is 5.77. The number of nitrogens with two attached hydrogens (primary N) is 1. The van der Waals surface area contributed by atoms with Gasteiger partial charge in [-0.3, -0.25) is 0 Å². The second kappa shape index (κ2) is 5.14. The minimum absolute atomic E-state index is 0.687. The molecule has 0 aliphatic carbocycles. The fraction of sp³-hybridized carbons (Fsp3) is 0.700. The molecule has 1 aromatic rings. The van der Waals surface area contributed by atoms with Gasteiger partial charge in [0.05, 0.1) is 10.9 Å². The summed E-state index contributed by atoms with van der Waals surface area (Å²) in [6.45, 7) is 0.769. The summed E-state index contributed by atoms with van der Waals surface area (Å²) in [4.78, 5) is 4.67. The van der Waals surface area contributed by atoms with E-state index in [9.17, 15) is 0 Å². The van der Waals surface area contributed by atoms with Crippen LogP contribution in [0.2, 0.25) is 0 Å². The number of aromatic nitrogens is 1. The van der Waals surface area contributed by atoms with E-state index >= 15 is 0 Å². The number of nitrogens with zero attached hydrogens (tertiary/aromatic N) is 1. The molecule has 0 amide bonds. The first kappa shape index (κ1) is 10.5. The normalized spacial score (nSPS) is 21.6. The molecule has 1 fully saturated rings. The van der Waals surface area contributed by atoms with E-state index in [-0.39, 0.29) is 0 Å². The number of thiazole rings is 1. The van der Waals surface area contributed by atoms with Gasteiger partial charge in [-0.15, -0.1) is 11.3 Å². The predicted octanol–water partition coefficient (Wildman–Crippen LogP) is 2.60. The van der Waals surface area contributed by atoms with Crippen molar-refractivity contribution in [1.29, 1.82) is 0 Å². The van der Waals surface area contributed by atoms with Gasteiger partial charge in [0.1, 0.15) is 5.01 Å². The molecular formula is C10H16N2S2. The van der Waals surface area contributed by atoms with Gasteiger partial charge in [0.15, 0.2) is 0 Å². The van der Waals surface area contributed by atoms with Crippen LogP contribution in [0, 0.1) is 0 Å². The Morgan fingerprint density at radius 3 is 3.21 bits per heavy atom. The molecular weight excluding hydrogens is 212 g/mol. The van der Waals surface area contributed by atoms with Gasteiger partial charge in [-0.1, -0.05) is 0 Å². The molecule has 0 spiro atoms. The van der Waals surface area contributed by atoms with Gasteiger partial charge >= 0.3 is 0 Å². The van der Waals surface area contributed by atoms with Gasteiger partial charge < -0.3 is 5.73 Å². The minimum atomic E-state index is 0.687. The number of hydrogen-bond acceptors (Lipinski definition) is 4. The summed E-state index contributed by atoms with van der Waals surface area (Å²) >= 11 is 3.88. The first-order chi connectivity index (χ1) is 6.90. The molecule has 1 unspecified atom stereocenters. The van der Waals surface area contributed by atoms with Crippen LogP contribution in [0.3, 0.4) is 0 Å². The Kier molecular flexibility index (Phi) is 3.84. The molecule has 0 bridgehead atoms. The van der Waals surface area contributed by atoms with Crippen LogP contribution in [0.25, 0.3) is 0 Å². The van der Waals surface area contributed by atoms with Crippen LogP contribution in [0.4, 0.5) is 0 Å². The Balaban J connectivity index is 1.94. The molecule has 0 aromatic carbocycles. The molecule has 2 rings (SSSR count). The highest BCUT2D eigenvalue weighted by atomic mass is 32.2. The summed E-state index contributed by atoms with van der Waals surface area (Å²) < 4.78 is 0. The number of hydrogen-bond donors (Lipinski definition) is 1. The maximum absolute atomic E-state index is 5.48. The minimum Gasteiger partial charge on any atom is -0.330 e. The van der Waals surface area contributed by atoms with Crippen LogP contribution in [-0.2, 0) is 6.42 Å². The quantitative estimate of drug-likeness (QED) is 0.861. The molecule has 1 aliphatic heterocycles. The predicted molar refractivity (Wildman–Crippen MR) is 63.9 cm³/mol. The molecule has 14 heavy (non-hydrogen) atoms. The zero-order chi connectivity index (χ0) is 9.80. The average Bonchev–Trinajstić information content (AvgIpc) is 2.85. The Morgan fingerprint density at radius 1 is 1.57 bits per heavy atom. The van der Waals surface area contributed by atoms with Crippen molar-refractivity contribution in [2.45, 2.75) is 30.9 Å². The molecule has 78 valence electrons. The zero-order valence-corrected chi connectivity index (χ0v) is 9.87. The summed E-state index contributed by atoms with van der Waals surface area (Å²) in [5.74, 6) is 1.31.